The summed E-state index contributed by atoms with van der Waals surface area (Å²) in [5.74, 6) is 2.82. The second-order valence-electron chi connectivity index (χ2n) is 3.93. The topological polar surface area (TPSA) is 21.3 Å². The normalized spacial score (nSPS) is 24.7. The number of rotatable bonds is 2. The van der Waals surface area contributed by atoms with E-state index in [4.69, 9.17) is 4.74 Å². The Morgan fingerprint density at radius 2 is 2.27 bits per heavy atom. The van der Waals surface area contributed by atoms with Crippen LogP contribution in [0.3, 0.4) is 0 Å². The van der Waals surface area contributed by atoms with Gasteiger partial charge in [-0.05, 0) is 24.6 Å². The Hall–Kier alpha value is -0.670. The molecule has 2 atom stereocenters. The van der Waals surface area contributed by atoms with Crippen LogP contribution in [0.4, 0.5) is 0 Å². The number of ether oxygens (including phenoxy) is 1. The van der Waals surface area contributed by atoms with Gasteiger partial charge in [0.05, 0.1) is 12.0 Å². The number of nitrogens with one attached hydrogen (secondary N) is 1. The minimum atomic E-state index is 0.455. The molecule has 1 aliphatic rings. The molecule has 1 heterocycles. The number of hydrogen-bond donors (Lipinski definition) is 1. The molecule has 0 fully saturated rings. The van der Waals surface area contributed by atoms with E-state index in [1.165, 1.54) is 10.5 Å². The van der Waals surface area contributed by atoms with Gasteiger partial charge in [0.25, 0.3) is 0 Å². The average molecular weight is 223 g/mol. The SMILES string of the molecule is CNC1c2cccc(OC)c2SCC1C. The zero-order valence-corrected chi connectivity index (χ0v) is 10.2. The van der Waals surface area contributed by atoms with E-state index in [0.717, 1.165) is 11.5 Å². The van der Waals surface area contributed by atoms with Crippen molar-refractivity contribution in [1.29, 1.82) is 0 Å². The average Bonchev–Trinajstić information content (AvgIpc) is 2.28. The van der Waals surface area contributed by atoms with Crippen LogP contribution in [0.15, 0.2) is 23.1 Å². The van der Waals surface area contributed by atoms with Crippen LogP contribution in [-0.4, -0.2) is 19.9 Å². The molecule has 0 bridgehead atoms. The highest BCUT2D eigenvalue weighted by molar-refractivity contribution is 7.99. The lowest BCUT2D eigenvalue weighted by Crippen LogP contribution is -2.28. The first-order chi connectivity index (χ1) is 7.27. The molecule has 0 saturated carbocycles. The van der Waals surface area contributed by atoms with Gasteiger partial charge < -0.3 is 10.1 Å². The lowest BCUT2D eigenvalue weighted by atomic mass is 9.95. The molecule has 2 nitrogen and oxygen atoms in total. The minimum Gasteiger partial charge on any atom is -0.496 e. The van der Waals surface area contributed by atoms with Gasteiger partial charge in [-0.3, -0.25) is 0 Å². The summed E-state index contributed by atoms with van der Waals surface area (Å²) in [6.07, 6.45) is 0. The molecular weight excluding hydrogens is 206 g/mol. The lowest BCUT2D eigenvalue weighted by Gasteiger charge is -2.31. The molecule has 2 rings (SSSR count). The quantitative estimate of drug-likeness (QED) is 0.833. The number of benzene rings is 1. The van der Waals surface area contributed by atoms with Crippen molar-refractivity contribution < 1.29 is 4.74 Å². The van der Waals surface area contributed by atoms with Crippen molar-refractivity contribution in [3.63, 3.8) is 0 Å². The van der Waals surface area contributed by atoms with Crippen LogP contribution < -0.4 is 10.1 Å². The van der Waals surface area contributed by atoms with Gasteiger partial charge in [-0.1, -0.05) is 19.1 Å². The van der Waals surface area contributed by atoms with Crippen molar-refractivity contribution in [1.82, 2.24) is 5.32 Å². The summed E-state index contributed by atoms with van der Waals surface area (Å²) in [6.45, 7) is 2.29. The first kappa shape index (κ1) is 10.8. The van der Waals surface area contributed by atoms with Crippen molar-refractivity contribution in [2.75, 3.05) is 19.9 Å². The summed E-state index contributed by atoms with van der Waals surface area (Å²) in [5.41, 5.74) is 1.38. The Morgan fingerprint density at radius 1 is 1.47 bits per heavy atom. The van der Waals surface area contributed by atoms with Crippen LogP contribution >= 0.6 is 11.8 Å². The summed E-state index contributed by atoms with van der Waals surface area (Å²) in [5, 5.41) is 3.39. The monoisotopic (exact) mass is 223 g/mol. The van der Waals surface area contributed by atoms with Crippen LogP contribution in [0.25, 0.3) is 0 Å². The largest absolute Gasteiger partial charge is 0.496 e. The fraction of sp³-hybridized carbons (Fsp3) is 0.500. The summed E-state index contributed by atoms with van der Waals surface area (Å²) < 4.78 is 5.39. The van der Waals surface area contributed by atoms with E-state index in [1.54, 1.807) is 7.11 Å². The summed E-state index contributed by atoms with van der Waals surface area (Å²) in [4.78, 5) is 1.30. The molecule has 0 amide bonds. The standard InChI is InChI=1S/C12H17NOS/c1-8-7-15-12-9(11(8)13-2)5-4-6-10(12)14-3/h4-6,8,11,13H,7H2,1-3H3. The molecule has 15 heavy (non-hydrogen) atoms. The molecule has 82 valence electrons. The number of hydrogen-bond acceptors (Lipinski definition) is 3. The Bertz CT molecular complexity index is 353. The van der Waals surface area contributed by atoms with Crippen LogP contribution in [-0.2, 0) is 0 Å². The Labute approximate surface area is 95.4 Å². The van der Waals surface area contributed by atoms with E-state index in [2.05, 4.69) is 24.4 Å². The molecule has 2 unspecified atom stereocenters. The van der Waals surface area contributed by atoms with E-state index in [0.29, 0.717) is 12.0 Å². The van der Waals surface area contributed by atoms with Crippen LogP contribution in [0.5, 0.6) is 5.75 Å². The lowest BCUT2D eigenvalue weighted by molar-refractivity contribution is 0.391. The van der Waals surface area contributed by atoms with E-state index in [9.17, 15) is 0 Å². The predicted molar refractivity (Wildman–Crippen MR) is 64.7 cm³/mol. The number of methoxy groups -OCH3 is 1. The minimum absolute atomic E-state index is 0.455. The van der Waals surface area contributed by atoms with Gasteiger partial charge >= 0.3 is 0 Å². The highest BCUT2D eigenvalue weighted by atomic mass is 32.2. The Kier molecular flexibility index (Phi) is 3.22. The first-order valence-electron chi connectivity index (χ1n) is 5.25. The van der Waals surface area contributed by atoms with E-state index in [1.807, 2.05) is 24.9 Å². The molecule has 3 heteroatoms. The molecule has 0 spiro atoms. The summed E-state index contributed by atoms with van der Waals surface area (Å²) >= 11 is 1.90. The molecule has 1 aliphatic heterocycles. The molecule has 1 aromatic rings. The van der Waals surface area contributed by atoms with Gasteiger partial charge in [0.1, 0.15) is 5.75 Å². The van der Waals surface area contributed by atoms with E-state index in [-0.39, 0.29) is 0 Å². The molecule has 1 aromatic carbocycles. The van der Waals surface area contributed by atoms with E-state index >= 15 is 0 Å². The van der Waals surface area contributed by atoms with Crippen LogP contribution in [0.2, 0.25) is 0 Å². The molecule has 0 aliphatic carbocycles. The third kappa shape index (κ3) is 1.86. The zero-order valence-electron chi connectivity index (χ0n) is 9.41. The highest BCUT2D eigenvalue weighted by Gasteiger charge is 2.27. The fourth-order valence-electron chi connectivity index (χ4n) is 2.15. The maximum atomic E-state index is 5.39. The van der Waals surface area contributed by atoms with Gasteiger partial charge in [0.2, 0.25) is 0 Å². The van der Waals surface area contributed by atoms with Crippen LogP contribution in [0.1, 0.15) is 18.5 Å². The van der Waals surface area contributed by atoms with Gasteiger partial charge in [0, 0.05) is 11.8 Å². The maximum absolute atomic E-state index is 5.39. The van der Waals surface area contributed by atoms with E-state index < -0.39 is 0 Å². The Balaban J connectivity index is 2.45. The third-order valence-corrected chi connectivity index (χ3v) is 4.35. The summed E-state index contributed by atoms with van der Waals surface area (Å²) in [7, 11) is 3.77. The van der Waals surface area contributed by atoms with Crippen molar-refractivity contribution in [3.05, 3.63) is 23.8 Å². The van der Waals surface area contributed by atoms with Crippen LogP contribution in [0, 0.1) is 5.92 Å². The molecule has 0 aromatic heterocycles. The Morgan fingerprint density at radius 3 is 2.93 bits per heavy atom. The summed E-state index contributed by atoms with van der Waals surface area (Å²) in [6, 6.07) is 6.76. The fourth-order valence-corrected chi connectivity index (χ4v) is 3.43. The first-order valence-corrected chi connectivity index (χ1v) is 6.23. The van der Waals surface area contributed by atoms with Crippen molar-refractivity contribution >= 4 is 11.8 Å². The van der Waals surface area contributed by atoms with Gasteiger partial charge in [-0.25, -0.2) is 0 Å². The number of fused-ring (bicyclic) bond motifs is 1. The molecule has 0 saturated heterocycles. The third-order valence-electron chi connectivity index (χ3n) is 2.93. The smallest absolute Gasteiger partial charge is 0.132 e. The van der Waals surface area contributed by atoms with Crippen molar-refractivity contribution in [3.8, 4) is 5.75 Å². The van der Waals surface area contributed by atoms with Gasteiger partial charge in [-0.2, -0.15) is 0 Å². The van der Waals surface area contributed by atoms with Gasteiger partial charge in [-0.15, -0.1) is 11.8 Å². The zero-order chi connectivity index (χ0) is 10.8. The maximum Gasteiger partial charge on any atom is 0.132 e. The second-order valence-corrected chi connectivity index (χ2v) is 4.96. The van der Waals surface area contributed by atoms with Gasteiger partial charge in [0.15, 0.2) is 0 Å². The second kappa shape index (κ2) is 4.45. The molecular formula is C12H17NOS. The number of thioether (sulfide) groups is 1. The molecule has 0 radical (unpaired) electrons. The highest BCUT2D eigenvalue weighted by Crippen LogP contribution is 2.43. The predicted octanol–water partition coefficient (Wildman–Crippen LogP) is 2.70. The van der Waals surface area contributed by atoms with Crippen molar-refractivity contribution in [2.45, 2.75) is 17.9 Å². The molecule has 1 N–H and O–H groups in total. The van der Waals surface area contributed by atoms with Crippen molar-refractivity contribution in [2.24, 2.45) is 5.92 Å².